The van der Waals surface area contributed by atoms with Gasteiger partial charge in [0, 0.05) is 10.5 Å². The Kier molecular flexibility index (Phi) is 4.66. The molecule has 0 saturated heterocycles. The molecular formula is C15H19BrN2. The van der Waals surface area contributed by atoms with Gasteiger partial charge in [-0.3, -0.25) is 0 Å². The minimum absolute atomic E-state index is 0.494. The van der Waals surface area contributed by atoms with Gasteiger partial charge in [-0.05, 0) is 46.8 Å². The molecular weight excluding hydrogens is 288 g/mol. The molecule has 3 heteroatoms. The molecule has 1 saturated carbocycles. The van der Waals surface area contributed by atoms with E-state index in [0.29, 0.717) is 17.5 Å². The van der Waals surface area contributed by atoms with Crippen LogP contribution >= 0.6 is 15.9 Å². The number of nitrogens with zero attached hydrogens (tertiary/aromatic N) is 1. The van der Waals surface area contributed by atoms with Crippen LogP contribution in [0.5, 0.6) is 0 Å². The molecule has 0 aliphatic heterocycles. The number of hydrogen-bond acceptors (Lipinski definition) is 2. The van der Waals surface area contributed by atoms with Crippen LogP contribution in [-0.4, -0.2) is 6.04 Å². The number of halogens is 1. The van der Waals surface area contributed by atoms with Crippen LogP contribution in [0.1, 0.15) is 44.6 Å². The van der Waals surface area contributed by atoms with Crippen LogP contribution in [-0.2, 0) is 0 Å². The quantitative estimate of drug-likeness (QED) is 0.804. The lowest BCUT2D eigenvalue weighted by atomic mass is 9.96. The van der Waals surface area contributed by atoms with Crippen molar-refractivity contribution < 1.29 is 0 Å². The molecule has 18 heavy (non-hydrogen) atoms. The van der Waals surface area contributed by atoms with Crippen LogP contribution in [0.2, 0.25) is 0 Å². The van der Waals surface area contributed by atoms with Crippen LogP contribution in [0.25, 0.3) is 0 Å². The molecule has 2 unspecified atom stereocenters. The standard InChI is InChI=1S/C15H19BrN2/c1-11-6-3-2-4-8-14(11)18-15-9-5-7-13(16)12(15)10-17/h5,7,9,11,14,18H,2-4,6,8H2,1H3. The van der Waals surface area contributed by atoms with E-state index in [9.17, 15) is 5.26 Å². The van der Waals surface area contributed by atoms with Gasteiger partial charge in [-0.15, -0.1) is 0 Å². The number of hydrogen-bond donors (Lipinski definition) is 1. The lowest BCUT2D eigenvalue weighted by Gasteiger charge is -2.24. The Balaban J connectivity index is 2.18. The summed E-state index contributed by atoms with van der Waals surface area (Å²) in [5.74, 6) is 0.679. The van der Waals surface area contributed by atoms with E-state index >= 15 is 0 Å². The molecule has 0 heterocycles. The fourth-order valence-electron chi connectivity index (χ4n) is 2.67. The molecule has 96 valence electrons. The van der Waals surface area contributed by atoms with Crippen molar-refractivity contribution in [1.82, 2.24) is 0 Å². The van der Waals surface area contributed by atoms with E-state index in [0.717, 1.165) is 10.2 Å². The van der Waals surface area contributed by atoms with E-state index in [4.69, 9.17) is 0 Å². The molecule has 1 aromatic rings. The largest absolute Gasteiger partial charge is 0.381 e. The normalized spacial score (nSPS) is 24.1. The molecule has 1 aliphatic rings. The maximum absolute atomic E-state index is 9.23. The zero-order chi connectivity index (χ0) is 13.0. The van der Waals surface area contributed by atoms with Crippen LogP contribution in [0.4, 0.5) is 5.69 Å². The first kappa shape index (κ1) is 13.4. The Bertz CT molecular complexity index is 450. The third-order valence-electron chi connectivity index (χ3n) is 3.83. The molecule has 1 fully saturated rings. The highest BCUT2D eigenvalue weighted by Crippen LogP contribution is 2.29. The van der Waals surface area contributed by atoms with E-state index in [1.54, 1.807) is 0 Å². The van der Waals surface area contributed by atoms with Gasteiger partial charge in [0.15, 0.2) is 0 Å². The van der Waals surface area contributed by atoms with Crippen molar-refractivity contribution in [2.75, 3.05) is 5.32 Å². The van der Waals surface area contributed by atoms with Crippen LogP contribution in [0.3, 0.4) is 0 Å². The smallest absolute Gasteiger partial charge is 0.103 e. The van der Waals surface area contributed by atoms with E-state index in [2.05, 4.69) is 34.2 Å². The minimum atomic E-state index is 0.494. The SMILES string of the molecule is CC1CCCCCC1Nc1cccc(Br)c1C#N. The highest BCUT2D eigenvalue weighted by atomic mass is 79.9. The average Bonchev–Trinajstić information content (AvgIpc) is 2.55. The first-order valence-electron chi connectivity index (χ1n) is 6.67. The summed E-state index contributed by atoms with van der Waals surface area (Å²) >= 11 is 3.44. The molecule has 2 nitrogen and oxygen atoms in total. The second-order valence-electron chi connectivity index (χ2n) is 5.14. The van der Waals surface area contributed by atoms with E-state index in [1.807, 2.05) is 18.2 Å². The fourth-order valence-corrected chi connectivity index (χ4v) is 3.12. The molecule has 0 spiro atoms. The van der Waals surface area contributed by atoms with Crippen molar-refractivity contribution in [3.63, 3.8) is 0 Å². The second-order valence-corrected chi connectivity index (χ2v) is 5.99. The summed E-state index contributed by atoms with van der Waals surface area (Å²) in [5, 5.41) is 12.8. The Morgan fingerprint density at radius 3 is 2.83 bits per heavy atom. The zero-order valence-electron chi connectivity index (χ0n) is 10.7. The molecule has 1 N–H and O–H groups in total. The van der Waals surface area contributed by atoms with Crippen molar-refractivity contribution in [3.8, 4) is 6.07 Å². The van der Waals surface area contributed by atoms with Gasteiger partial charge in [0.1, 0.15) is 6.07 Å². The Morgan fingerprint density at radius 2 is 2.06 bits per heavy atom. The maximum atomic E-state index is 9.23. The van der Waals surface area contributed by atoms with Crippen molar-refractivity contribution in [1.29, 1.82) is 5.26 Å². The summed E-state index contributed by atoms with van der Waals surface area (Å²) in [7, 11) is 0. The fraction of sp³-hybridized carbons (Fsp3) is 0.533. The Morgan fingerprint density at radius 1 is 1.28 bits per heavy atom. The predicted octanol–water partition coefficient (Wildman–Crippen LogP) is 4.70. The van der Waals surface area contributed by atoms with Crippen molar-refractivity contribution in [2.45, 2.75) is 45.1 Å². The summed E-state index contributed by atoms with van der Waals surface area (Å²) in [5.41, 5.74) is 1.68. The van der Waals surface area contributed by atoms with Gasteiger partial charge in [-0.2, -0.15) is 5.26 Å². The van der Waals surface area contributed by atoms with Gasteiger partial charge in [0.05, 0.1) is 11.3 Å². The first-order chi connectivity index (χ1) is 8.72. The number of rotatable bonds is 2. The van der Waals surface area contributed by atoms with Crippen LogP contribution in [0.15, 0.2) is 22.7 Å². The van der Waals surface area contributed by atoms with Crippen LogP contribution < -0.4 is 5.32 Å². The topological polar surface area (TPSA) is 35.8 Å². The molecule has 0 amide bonds. The Labute approximate surface area is 118 Å². The Hall–Kier alpha value is -1.01. The molecule has 0 aromatic heterocycles. The molecule has 1 aromatic carbocycles. The molecule has 2 rings (SSSR count). The molecule has 2 atom stereocenters. The summed E-state index contributed by atoms with van der Waals surface area (Å²) in [4.78, 5) is 0. The monoisotopic (exact) mass is 306 g/mol. The third-order valence-corrected chi connectivity index (χ3v) is 4.49. The highest BCUT2D eigenvalue weighted by Gasteiger charge is 2.20. The van der Waals surface area contributed by atoms with E-state index < -0.39 is 0 Å². The third kappa shape index (κ3) is 3.05. The van der Waals surface area contributed by atoms with Crippen molar-refractivity contribution >= 4 is 21.6 Å². The van der Waals surface area contributed by atoms with Gasteiger partial charge in [-0.25, -0.2) is 0 Å². The lowest BCUT2D eigenvalue weighted by molar-refractivity contribution is 0.456. The number of nitrogens with one attached hydrogen (secondary N) is 1. The molecule has 0 bridgehead atoms. The predicted molar refractivity (Wildman–Crippen MR) is 78.5 cm³/mol. The van der Waals surface area contributed by atoms with E-state index in [-0.39, 0.29) is 0 Å². The van der Waals surface area contributed by atoms with Crippen molar-refractivity contribution in [2.24, 2.45) is 5.92 Å². The summed E-state index contributed by atoms with van der Waals surface area (Å²) < 4.78 is 0.872. The van der Waals surface area contributed by atoms with Crippen LogP contribution in [0, 0.1) is 17.2 Å². The summed E-state index contributed by atoms with van der Waals surface area (Å²) in [6, 6.07) is 8.67. The second kappa shape index (κ2) is 6.24. The molecule has 0 radical (unpaired) electrons. The molecule has 1 aliphatic carbocycles. The number of benzene rings is 1. The summed E-state index contributed by atoms with van der Waals surface area (Å²) in [6.45, 7) is 2.31. The highest BCUT2D eigenvalue weighted by molar-refractivity contribution is 9.10. The summed E-state index contributed by atoms with van der Waals surface area (Å²) in [6.07, 6.45) is 6.46. The van der Waals surface area contributed by atoms with Crippen molar-refractivity contribution in [3.05, 3.63) is 28.2 Å². The van der Waals surface area contributed by atoms with Gasteiger partial charge in [0.2, 0.25) is 0 Å². The number of anilines is 1. The van der Waals surface area contributed by atoms with Gasteiger partial charge in [0.25, 0.3) is 0 Å². The average molecular weight is 307 g/mol. The maximum Gasteiger partial charge on any atom is 0.103 e. The van der Waals surface area contributed by atoms with Gasteiger partial charge < -0.3 is 5.32 Å². The van der Waals surface area contributed by atoms with Gasteiger partial charge in [-0.1, -0.05) is 32.3 Å². The zero-order valence-corrected chi connectivity index (χ0v) is 12.3. The minimum Gasteiger partial charge on any atom is -0.381 e. The lowest BCUT2D eigenvalue weighted by Crippen LogP contribution is -2.26. The first-order valence-corrected chi connectivity index (χ1v) is 7.47. The van der Waals surface area contributed by atoms with E-state index in [1.165, 1.54) is 32.1 Å². The number of nitriles is 1. The van der Waals surface area contributed by atoms with Gasteiger partial charge >= 0.3 is 0 Å².